The first-order chi connectivity index (χ1) is 13.9. The van der Waals surface area contributed by atoms with E-state index in [9.17, 15) is 20.0 Å². The molecule has 0 aliphatic carbocycles. The van der Waals surface area contributed by atoms with E-state index in [0.717, 1.165) is 0 Å². The van der Waals surface area contributed by atoms with Crippen molar-refractivity contribution in [2.24, 2.45) is 5.10 Å². The van der Waals surface area contributed by atoms with Crippen molar-refractivity contribution in [3.8, 4) is 0 Å². The van der Waals surface area contributed by atoms with Crippen molar-refractivity contribution in [2.45, 2.75) is 5.60 Å². The number of rotatable bonds is 6. The monoisotopic (exact) mass is 453 g/mol. The number of hydrazone groups is 1. The number of carbonyl (C=O) groups is 1. The van der Waals surface area contributed by atoms with Gasteiger partial charge in [-0.25, -0.2) is 5.43 Å². The average Bonchev–Trinajstić information content (AvgIpc) is 2.75. The Balaban J connectivity index is 1.87. The Hall–Kier alpha value is -3.36. The minimum absolute atomic E-state index is 0.0689. The van der Waals surface area contributed by atoms with Gasteiger partial charge in [0.1, 0.15) is 0 Å². The highest BCUT2D eigenvalue weighted by atomic mass is 79.9. The molecule has 2 N–H and O–H groups in total. The van der Waals surface area contributed by atoms with Crippen LogP contribution < -0.4 is 5.43 Å². The Morgan fingerprint density at radius 2 is 1.59 bits per heavy atom. The number of halogens is 1. The number of nitrogens with one attached hydrogen (secondary N) is 1. The van der Waals surface area contributed by atoms with Crippen LogP contribution in [0.4, 0.5) is 5.69 Å². The first-order valence-corrected chi connectivity index (χ1v) is 9.33. The van der Waals surface area contributed by atoms with Gasteiger partial charge in [0.05, 0.1) is 11.1 Å². The number of amides is 1. The molecule has 0 radical (unpaired) electrons. The quantitative estimate of drug-likeness (QED) is 0.336. The second-order valence-electron chi connectivity index (χ2n) is 6.10. The predicted octanol–water partition coefficient (Wildman–Crippen LogP) is 3.74. The molecule has 3 aromatic rings. The predicted molar refractivity (Wildman–Crippen MR) is 112 cm³/mol. The number of aliphatic hydroxyl groups is 1. The van der Waals surface area contributed by atoms with Crippen LogP contribution in [-0.2, 0) is 10.4 Å². The van der Waals surface area contributed by atoms with E-state index in [0.29, 0.717) is 21.2 Å². The lowest BCUT2D eigenvalue weighted by Gasteiger charge is -2.27. The molecule has 0 aliphatic heterocycles. The van der Waals surface area contributed by atoms with Crippen LogP contribution in [-0.4, -0.2) is 22.2 Å². The second-order valence-corrected chi connectivity index (χ2v) is 6.96. The second kappa shape index (κ2) is 8.76. The van der Waals surface area contributed by atoms with Crippen molar-refractivity contribution in [1.29, 1.82) is 0 Å². The lowest BCUT2D eigenvalue weighted by molar-refractivity contribution is -0.384. The van der Waals surface area contributed by atoms with Gasteiger partial charge in [-0.05, 0) is 33.1 Å². The van der Waals surface area contributed by atoms with Crippen LogP contribution >= 0.6 is 15.9 Å². The van der Waals surface area contributed by atoms with Crippen LogP contribution in [0.25, 0.3) is 0 Å². The zero-order valence-corrected chi connectivity index (χ0v) is 16.6. The summed E-state index contributed by atoms with van der Waals surface area (Å²) < 4.78 is 0.450. The molecule has 8 heteroatoms. The summed E-state index contributed by atoms with van der Waals surface area (Å²) in [5, 5.41) is 26.0. The summed E-state index contributed by atoms with van der Waals surface area (Å²) in [4.78, 5) is 23.2. The number of nitro groups is 1. The Kier molecular flexibility index (Phi) is 6.16. The van der Waals surface area contributed by atoms with Gasteiger partial charge in [0.2, 0.25) is 0 Å². The SMILES string of the molecule is O=C(NN=Cc1ccc([N+](=O)[O-])cc1Br)C(O)(c1ccccc1)c1ccccc1. The number of nitro benzene ring substituents is 1. The van der Waals surface area contributed by atoms with Crippen LogP contribution in [0.5, 0.6) is 0 Å². The summed E-state index contributed by atoms with van der Waals surface area (Å²) in [6.45, 7) is 0. The van der Waals surface area contributed by atoms with Gasteiger partial charge in [0.25, 0.3) is 11.6 Å². The molecule has 0 saturated carbocycles. The summed E-state index contributed by atoms with van der Waals surface area (Å²) in [5.74, 6) is -0.732. The molecule has 0 atom stereocenters. The number of hydrogen-bond donors (Lipinski definition) is 2. The first kappa shape index (κ1) is 20.4. The molecular formula is C21H16BrN3O4. The van der Waals surface area contributed by atoms with E-state index in [4.69, 9.17) is 0 Å². The van der Waals surface area contributed by atoms with Gasteiger partial charge >= 0.3 is 0 Å². The standard InChI is InChI=1S/C21H16BrN3O4/c22-19-13-18(25(28)29)12-11-15(19)14-23-24-20(26)21(27,16-7-3-1-4-8-16)17-9-5-2-6-10-17/h1-14,27H,(H,24,26). The molecule has 29 heavy (non-hydrogen) atoms. The Labute approximate surface area is 175 Å². The van der Waals surface area contributed by atoms with Gasteiger partial charge in [-0.2, -0.15) is 5.10 Å². The number of benzene rings is 3. The van der Waals surface area contributed by atoms with Crippen molar-refractivity contribution < 1.29 is 14.8 Å². The van der Waals surface area contributed by atoms with Crippen molar-refractivity contribution >= 4 is 33.7 Å². The molecule has 1 amide bonds. The van der Waals surface area contributed by atoms with Gasteiger partial charge < -0.3 is 5.11 Å². The third-order valence-electron chi connectivity index (χ3n) is 4.28. The molecule has 0 heterocycles. The van der Waals surface area contributed by atoms with Crippen LogP contribution in [0.1, 0.15) is 16.7 Å². The third-order valence-corrected chi connectivity index (χ3v) is 4.96. The molecule has 0 unspecified atom stereocenters. The summed E-state index contributed by atoms with van der Waals surface area (Å²) >= 11 is 3.24. The molecule has 3 rings (SSSR count). The van der Waals surface area contributed by atoms with Crippen molar-refractivity contribution in [3.63, 3.8) is 0 Å². The van der Waals surface area contributed by atoms with E-state index < -0.39 is 16.4 Å². The van der Waals surface area contributed by atoms with E-state index in [1.54, 1.807) is 60.7 Å². The Morgan fingerprint density at radius 3 is 2.07 bits per heavy atom. The fraction of sp³-hybridized carbons (Fsp3) is 0.0476. The summed E-state index contributed by atoms with van der Waals surface area (Å²) in [6.07, 6.45) is 1.34. The summed E-state index contributed by atoms with van der Waals surface area (Å²) in [7, 11) is 0. The van der Waals surface area contributed by atoms with E-state index in [-0.39, 0.29) is 5.69 Å². The number of nitrogens with zero attached hydrogens (tertiary/aromatic N) is 2. The normalized spacial score (nSPS) is 11.4. The summed E-state index contributed by atoms with van der Waals surface area (Å²) in [6, 6.07) is 21.3. The largest absolute Gasteiger partial charge is 0.372 e. The molecule has 146 valence electrons. The molecule has 0 fully saturated rings. The fourth-order valence-corrected chi connectivity index (χ4v) is 3.23. The zero-order chi connectivity index (χ0) is 20.9. The van der Waals surface area contributed by atoms with Crippen molar-refractivity contribution in [3.05, 3.63) is 110 Å². The molecule has 0 spiro atoms. The highest BCUT2D eigenvalue weighted by Gasteiger charge is 2.39. The highest BCUT2D eigenvalue weighted by molar-refractivity contribution is 9.10. The fourth-order valence-electron chi connectivity index (χ4n) is 2.76. The third kappa shape index (κ3) is 4.39. The maximum Gasteiger partial charge on any atom is 0.281 e. The molecule has 7 nitrogen and oxygen atoms in total. The van der Waals surface area contributed by atoms with Gasteiger partial charge in [-0.15, -0.1) is 0 Å². The van der Waals surface area contributed by atoms with E-state index in [1.807, 2.05) is 0 Å². The van der Waals surface area contributed by atoms with Gasteiger partial charge in [0, 0.05) is 22.2 Å². The van der Waals surface area contributed by atoms with E-state index in [2.05, 4.69) is 26.5 Å². The van der Waals surface area contributed by atoms with Gasteiger partial charge in [-0.1, -0.05) is 60.7 Å². The number of non-ortho nitro benzene ring substituents is 1. The molecule has 0 aliphatic rings. The summed E-state index contributed by atoms with van der Waals surface area (Å²) in [5.41, 5.74) is 1.68. The smallest absolute Gasteiger partial charge is 0.281 e. The van der Waals surface area contributed by atoms with Gasteiger partial charge in [0.15, 0.2) is 5.60 Å². The Morgan fingerprint density at radius 1 is 1.03 bits per heavy atom. The van der Waals surface area contributed by atoms with Crippen LogP contribution in [0, 0.1) is 10.1 Å². The van der Waals surface area contributed by atoms with Crippen molar-refractivity contribution in [1.82, 2.24) is 5.43 Å². The van der Waals surface area contributed by atoms with Crippen LogP contribution in [0.2, 0.25) is 0 Å². The molecule has 0 aromatic heterocycles. The number of hydrogen-bond acceptors (Lipinski definition) is 5. The number of carbonyl (C=O) groups excluding carboxylic acids is 1. The molecule has 3 aromatic carbocycles. The van der Waals surface area contributed by atoms with Crippen LogP contribution in [0.15, 0.2) is 88.4 Å². The highest BCUT2D eigenvalue weighted by Crippen LogP contribution is 2.30. The van der Waals surface area contributed by atoms with Gasteiger partial charge in [-0.3, -0.25) is 14.9 Å². The maximum atomic E-state index is 12.9. The molecule has 0 bridgehead atoms. The average molecular weight is 454 g/mol. The van der Waals surface area contributed by atoms with E-state index >= 15 is 0 Å². The minimum Gasteiger partial charge on any atom is -0.372 e. The lowest BCUT2D eigenvalue weighted by Crippen LogP contribution is -2.43. The van der Waals surface area contributed by atoms with E-state index in [1.165, 1.54) is 24.4 Å². The first-order valence-electron chi connectivity index (χ1n) is 8.54. The maximum absolute atomic E-state index is 12.9. The molecule has 0 saturated heterocycles. The van der Waals surface area contributed by atoms with Crippen LogP contribution in [0.3, 0.4) is 0 Å². The topological polar surface area (TPSA) is 105 Å². The Bertz CT molecular complexity index is 1020. The van der Waals surface area contributed by atoms with Crippen molar-refractivity contribution in [2.75, 3.05) is 0 Å². The minimum atomic E-state index is -1.94. The lowest BCUT2D eigenvalue weighted by atomic mass is 9.85. The molecular weight excluding hydrogens is 438 g/mol. The zero-order valence-electron chi connectivity index (χ0n) is 15.0.